The zero-order valence-electron chi connectivity index (χ0n) is 20.2. The van der Waals surface area contributed by atoms with Gasteiger partial charge in [-0.15, -0.1) is 0 Å². The zero-order valence-corrected chi connectivity index (χ0v) is 20.2. The summed E-state index contributed by atoms with van der Waals surface area (Å²) in [6, 6.07) is 13.5. The highest BCUT2D eigenvalue weighted by Crippen LogP contribution is 2.51. The minimum Gasteiger partial charge on any atom is -0.378 e. The Bertz CT molecular complexity index is 1040. The quantitative estimate of drug-likeness (QED) is 0.514. The molecule has 3 aliphatic heterocycles. The number of carbonyl (C=O) groups excluding carboxylic acids is 1. The Hall–Kier alpha value is -2.78. The lowest BCUT2D eigenvalue weighted by atomic mass is 9.76. The van der Waals surface area contributed by atoms with Gasteiger partial charge in [0, 0.05) is 36.8 Å². The molecule has 2 fully saturated rings. The highest BCUT2D eigenvalue weighted by molar-refractivity contribution is 5.73. The van der Waals surface area contributed by atoms with Crippen molar-refractivity contribution in [3.63, 3.8) is 0 Å². The van der Waals surface area contributed by atoms with Crippen molar-refractivity contribution in [3.8, 4) is 0 Å². The van der Waals surface area contributed by atoms with E-state index >= 15 is 0 Å². The average Bonchev–Trinajstić information content (AvgIpc) is 3.40. The fraction of sp³-hybridized carbons (Fsp3) is 0.519. The number of nitrogens with one attached hydrogen (secondary N) is 3. The van der Waals surface area contributed by atoms with Crippen LogP contribution < -0.4 is 16.0 Å². The molecule has 3 aliphatic rings. The van der Waals surface area contributed by atoms with Gasteiger partial charge in [0.25, 0.3) is 0 Å². The van der Waals surface area contributed by atoms with E-state index in [0.29, 0.717) is 30.8 Å². The van der Waals surface area contributed by atoms with Crippen molar-refractivity contribution in [1.29, 1.82) is 0 Å². The Kier molecular flexibility index (Phi) is 7.39. The molecule has 3 heterocycles. The van der Waals surface area contributed by atoms with Crippen molar-refractivity contribution in [1.82, 2.24) is 15.5 Å². The molecule has 2 aromatic rings. The van der Waals surface area contributed by atoms with Crippen molar-refractivity contribution in [2.24, 2.45) is 5.92 Å². The van der Waals surface area contributed by atoms with Crippen LogP contribution in [0.2, 0.25) is 0 Å². The number of hydrogen-bond acceptors (Lipinski definition) is 4. The molecule has 0 spiro atoms. The van der Waals surface area contributed by atoms with Crippen LogP contribution in [0.25, 0.3) is 0 Å². The number of carbonyl (C=O) groups is 1. The Morgan fingerprint density at radius 3 is 2.58 bits per heavy atom. The van der Waals surface area contributed by atoms with Gasteiger partial charge in [0.2, 0.25) is 0 Å². The molecule has 0 aromatic heterocycles. The van der Waals surface area contributed by atoms with E-state index in [-0.39, 0.29) is 24.1 Å². The monoisotopic (exact) mass is 502 g/mol. The first-order chi connectivity index (χ1) is 17.4. The van der Waals surface area contributed by atoms with Crippen LogP contribution in [0.4, 0.5) is 23.7 Å². The first-order valence-electron chi connectivity index (χ1n) is 12.8. The van der Waals surface area contributed by atoms with E-state index in [1.165, 1.54) is 25.0 Å². The maximum Gasteiger partial charge on any atom is 0.416 e. The molecule has 9 heteroatoms. The van der Waals surface area contributed by atoms with Gasteiger partial charge in [0.05, 0.1) is 23.8 Å². The second-order valence-electron chi connectivity index (χ2n) is 9.94. The van der Waals surface area contributed by atoms with Crippen LogP contribution in [-0.4, -0.2) is 49.8 Å². The van der Waals surface area contributed by atoms with E-state index in [1.54, 1.807) is 0 Å². The van der Waals surface area contributed by atoms with Gasteiger partial charge in [-0.3, -0.25) is 0 Å². The van der Waals surface area contributed by atoms with E-state index in [4.69, 9.17) is 4.74 Å². The lowest BCUT2D eigenvalue weighted by molar-refractivity contribution is -0.138. The number of urea groups is 1. The average molecular weight is 503 g/mol. The minimum absolute atomic E-state index is 0.0195. The molecule has 0 unspecified atom stereocenters. The fourth-order valence-corrected chi connectivity index (χ4v) is 5.68. The molecule has 194 valence electrons. The van der Waals surface area contributed by atoms with Crippen LogP contribution in [0.1, 0.15) is 54.5 Å². The maximum absolute atomic E-state index is 13.5. The molecule has 2 amide bonds. The van der Waals surface area contributed by atoms with Crippen LogP contribution >= 0.6 is 0 Å². The summed E-state index contributed by atoms with van der Waals surface area (Å²) in [5, 5.41) is 9.25. The number of ether oxygens (including phenoxy) is 1. The van der Waals surface area contributed by atoms with Crippen LogP contribution in [0.3, 0.4) is 0 Å². The fourth-order valence-electron chi connectivity index (χ4n) is 5.68. The number of fused-ring (bicyclic) bond motifs is 3. The Labute approximate surface area is 209 Å². The third kappa shape index (κ3) is 5.62. The third-order valence-corrected chi connectivity index (χ3v) is 7.54. The van der Waals surface area contributed by atoms with E-state index in [2.05, 4.69) is 20.9 Å². The van der Waals surface area contributed by atoms with Gasteiger partial charge in [0.1, 0.15) is 0 Å². The van der Waals surface area contributed by atoms with Gasteiger partial charge in [-0.25, -0.2) is 4.79 Å². The summed E-state index contributed by atoms with van der Waals surface area (Å²) in [5.41, 5.74) is 1.59. The van der Waals surface area contributed by atoms with Crippen molar-refractivity contribution >= 4 is 11.7 Å². The van der Waals surface area contributed by atoms with Gasteiger partial charge < -0.3 is 25.6 Å². The van der Waals surface area contributed by atoms with Crippen molar-refractivity contribution in [2.45, 2.75) is 50.1 Å². The van der Waals surface area contributed by atoms with Gasteiger partial charge in [0.15, 0.2) is 0 Å². The molecule has 2 saturated heterocycles. The van der Waals surface area contributed by atoms with Crippen LogP contribution in [-0.2, 0) is 10.9 Å². The summed E-state index contributed by atoms with van der Waals surface area (Å²) in [6.07, 6.45) is -1.28. The second-order valence-corrected chi connectivity index (χ2v) is 9.94. The first kappa shape index (κ1) is 24.9. The summed E-state index contributed by atoms with van der Waals surface area (Å²) in [6.45, 7) is 3.90. The van der Waals surface area contributed by atoms with Crippen molar-refractivity contribution < 1.29 is 22.7 Å². The smallest absolute Gasteiger partial charge is 0.378 e. The standard InChI is InChI=1S/C27H33F3N4O2/c28-27(29,30)19-8-11-23-22(16-19)25-21(24(33-23)18-6-2-1-3-7-18)10-9-20(36-25)17-32-26(35)31-12-15-34-13-4-5-14-34/h1-3,6-8,11,16,20-21,24-25,33H,4-5,9-10,12-15,17H2,(H2,31,32,35)/t20-,21+,24+,25+/m1/s1. The highest BCUT2D eigenvalue weighted by Gasteiger charge is 2.43. The number of alkyl halides is 3. The van der Waals surface area contributed by atoms with Crippen molar-refractivity contribution in [2.75, 3.05) is 38.0 Å². The predicted molar refractivity (Wildman–Crippen MR) is 132 cm³/mol. The van der Waals surface area contributed by atoms with E-state index in [0.717, 1.165) is 37.7 Å². The Morgan fingerprint density at radius 1 is 1.06 bits per heavy atom. The summed E-state index contributed by atoms with van der Waals surface area (Å²) in [5.74, 6) is -0.0195. The molecule has 0 aliphatic carbocycles. The lowest BCUT2D eigenvalue weighted by Crippen LogP contribution is -2.46. The summed E-state index contributed by atoms with van der Waals surface area (Å²) in [7, 11) is 0. The van der Waals surface area contributed by atoms with E-state index < -0.39 is 17.8 Å². The molecule has 0 radical (unpaired) electrons. The van der Waals surface area contributed by atoms with Gasteiger partial charge in [-0.1, -0.05) is 30.3 Å². The first-order valence-corrected chi connectivity index (χ1v) is 12.8. The summed E-state index contributed by atoms with van der Waals surface area (Å²) < 4.78 is 46.9. The predicted octanol–water partition coefficient (Wildman–Crippen LogP) is 5.10. The molecule has 6 nitrogen and oxygen atoms in total. The van der Waals surface area contributed by atoms with Crippen LogP contribution in [0, 0.1) is 5.92 Å². The SMILES string of the molecule is O=C(NCCN1CCCC1)NC[C@H]1CC[C@@H]2[C@H](O1)c1cc(C(F)(F)F)ccc1N[C@H]2c1ccccc1. The minimum atomic E-state index is -4.43. The molecule has 36 heavy (non-hydrogen) atoms. The number of likely N-dealkylation sites (tertiary alicyclic amines) is 1. The normalized spacial score (nSPS) is 26.0. The molecular formula is C27H33F3N4O2. The van der Waals surface area contributed by atoms with E-state index in [1.807, 2.05) is 30.3 Å². The maximum atomic E-state index is 13.5. The number of halogens is 3. The Morgan fingerprint density at radius 2 is 1.83 bits per heavy atom. The largest absolute Gasteiger partial charge is 0.416 e. The van der Waals surface area contributed by atoms with Crippen LogP contribution in [0.15, 0.2) is 48.5 Å². The number of benzene rings is 2. The number of rotatable bonds is 6. The molecule has 3 N–H and O–H groups in total. The van der Waals surface area contributed by atoms with Crippen molar-refractivity contribution in [3.05, 3.63) is 65.2 Å². The molecule has 4 atom stereocenters. The summed E-state index contributed by atoms with van der Waals surface area (Å²) in [4.78, 5) is 14.6. The zero-order chi connectivity index (χ0) is 25.1. The van der Waals surface area contributed by atoms with Gasteiger partial charge >= 0.3 is 12.2 Å². The second kappa shape index (κ2) is 10.7. The lowest BCUT2D eigenvalue weighted by Gasteiger charge is -2.46. The third-order valence-electron chi connectivity index (χ3n) is 7.54. The number of hydrogen-bond donors (Lipinski definition) is 3. The molecule has 0 bridgehead atoms. The molecule has 5 rings (SSSR count). The summed E-state index contributed by atoms with van der Waals surface area (Å²) >= 11 is 0. The van der Waals surface area contributed by atoms with Crippen LogP contribution in [0.5, 0.6) is 0 Å². The Balaban J connectivity index is 1.27. The number of amides is 2. The highest BCUT2D eigenvalue weighted by atomic mass is 19.4. The van der Waals surface area contributed by atoms with E-state index in [9.17, 15) is 18.0 Å². The van der Waals surface area contributed by atoms with Gasteiger partial charge in [-0.2, -0.15) is 13.2 Å². The molecule has 0 saturated carbocycles. The topological polar surface area (TPSA) is 65.6 Å². The number of anilines is 1. The molecule has 2 aromatic carbocycles. The molecular weight excluding hydrogens is 469 g/mol. The van der Waals surface area contributed by atoms with Gasteiger partial charge in [-0.05, 0) is 62.5 Å². The number of nitrogens with zero attached hydrogens (tertiary/aromatic N) is 1.